The molecule has 0 radical (unpaired) electrons. The van der Waals surface area contributed by atoms with Crippen LogP contribution in [0.2, 0.25) is 0 Å². The number of hydrogen-bond donors (Lipinski definition) is 0. The van der Waals surface area contributed by atoms with Crippen molar-refractivity contribution in [3.05, 3.63) is 28.2 Å². The number of nitrogens with zero attached hydrogens (tertiary/aromatic N) is 2. The molecule has 3 nitrogen and oxygen atoms in total. The van der Waals surface area contributed by atoms with E-state index in [-0.39, 0.29) is 5.82 Å². The third-order valence-corrected chi connectivity index (χ3v) is 3.94. The summed E-state index contributed by atoms with van der Waals surface area (Å²) in [5.74, 6) is 0.730. The average molecular weight is 364 g/mol. The number of unbranched alkanes of at least 4 members (excludes halogenated alkanes) is 1. The molecule has 0 bridgehead atoms. The summed E-state index contributed by atoms with van der Waals surface area (Å²) in [5, 5.41) is 0. The van der Waals surface area contributed by atoms with Crippen LogP contribution in [-0.2, 0) is 17.2 Å². The predicted octanol–water partition coefficient (Wildman–Crippen LogP) is 4.49. The lowest BCUT2D eigenvalue weighted by molar-refractivity contribution is 0.124. The minimum absolute atomic E-state index is 0.295. The van der Waals surface area contributed by atoms with Gasteiger partial charge in [-0.1, -0.05) is 13.3 Å². The Balaban J connectivity index is 2.19. The quantitative estimate of drug-likeness (QED) is 0.535. The van der Waals surface area contributed by atoms with Gasteiger partial charge in [-0.15, -0.1) is 11.6 Å². The number of aromatic nitrogens is 2. The first-order valence-electron chi connectivity index (χ1n) is 6.65. The van der Waals surface area contributed by atoms with Gasteiger partial charge in [-0.3, -0.25) is 0 Å². The second-order valence-corrected chi connectivity index (χ2v) is 5.66. The molecule has 2 rings (SSSR count). The van der Waals surface area contributed by atoms with Crippen LogP contribution in [-0.4, -0.2) is 22.8 Å². The zero-order valence-electron chi connectivity index (χ0n) is 11.3. The Hall–Kier alpha value is -0.650. The van der Waals surface area contributed by atoms with Gasteiger partial charge in [0.05, 0.1) is 28.0 Å². The van der Waals surface area contributed by atoms with Crippen molar-refractivity contribution >= 4 is 38.6 Å². The Labute approximate surface area is 131 Å². The van der Waals surface area contributed by atoms with Crippen molar-refractivity contribution in [3.8, 4) is 0 Å². The van der Waals surface area contributed by atoms with Crippen molar-refractivity contribution in [2.24, 2.45) is 0 Å². The highest BCUT2D eigenvalue weighted by atomic mass is 79.9. The molecule has 1 heterocycles. The van der Waals surface area contributed by atoms with Crippen molar-refractivity contribution in [1.82, 2.24) is 9.55 Å². The maximum absolute atomic E-state index is 13.7. The van der Waals surface area contributed by atoms with Crippen LogP contribution in [0.3, 0.4) is 0 Å². The molecule has 0 spiro atoms. The first kappa shape index (κ1) is 15.7. The molecule has 0 aliphatic rings. The fourth-order valence-corrected chi connectivity index (χ4v) is 2.56. The lowest BCUT2D eigenvalue weighted by Crippen LogP contribution is -2.09. The summed E-state index contributed by atoms with van der Waals surface area (Å²) >= 11 is 9.09. The normalized spacial score (nSPS) is 11.4. The van der Waals surface area contributed by atoms with Gasteiger partial charge in [0.2, 0.25) is 0 Å². The summed E-state index contributed by atoms with van der Waals surface area (Å²) in [6, 6.07) is 3.16. The van der Waals surface area contributed by atoms with Crippen LogP contribution < -0.4 is 0 Å². The fourth-order valence-electron chi connectivity index (χ4n) is 2.03. The van der Waals surface area contributed by atoms with Crippen molar-refractivity contribution in [2.75, 3.05) is 13.2 Å². The lowest BCUT2D eigenvalue weighted by atomic mass is 10.3. The summed E-state index contributed by atoms with van der Waals surface area (Å²) < 4.78 is 21.6. The third-order valence-electron chi connectivity index (χ3n) is 3.09. The van der Waals surface area contributed by atoms with Crippen LogP contribution in [0.25, 0.3) is 11.0 Å². The molecule has 0 aliphatic heterocycles. The summed E-state index contributed by atoms with van der Waals surface area (Å²) in [4.78, 5) is 4.43. The largest absolute Gasteiger partial charge is 0.380 e. The van der Waals surface area contributed by atoms with Gasteiger partial charge in [0.15, 0.2) is 0 Å². The van der Waals surface area contributed by atoms with E-state index in [1.165, 1.54) is 6.07 Å². The molecule has 20 heavy (non-hydrogen) atoms. The van der Waals surface area contributed by atoms with E-state index in [0.717, 1.165) is 36.3 Å². The van der Waals surface area contributed by atoms with E-state index in [9.17, 15) is 4.39 Å². The van der Waals surface area contributed by atoms with Gasteiger partial charge in [-0.05, 0) is 28.4 Å². The summed E-state index contributed by atoms with van der Waals surface area (Å²) in [5.41, 5.74) is 1.49. The monoisotopic (exact) mass is 362 g/mol. The number of fused-ring (bicyclic) bond motifs is 1. The molecule has 0 N–H and O–H groups in total. The molecular formula is C14H17BrClFN2O. The molecule has 0 aliphatic carbocycles. The van der Waals surface area contributed by atoms with Crippen LogP contribution in [0.4, 0.5) is 4.39 Å². The highest BCUT2D eigenvalue weighted by Crippen LogP contribution is 2.24. The molecule has 0 saturated heterocycles. The van der Waals surface area contributed by atoms with E-state index in [0.29, 0.717) is 23.5 Å². The summed E-state index contributed by atoms with van der Waals surface area (Å²) in [6.45, 7) is 4.08. The molecule has 0 fully saturated rings. The van der Waals surface area contributed by atoms with E-state index in [1.807, 2.05) is 4.57 Å². The second-order valence-electron chi connectivity index (χ2n) is 4.53. The Morgan fingerprint density at radius 1 is 1.40 bits per heavy atom. The van der Waals surface area contributed by atoms with Crippen molar-refractivity contribution in [2.45, 2.75) is 32.2 Å². The number of imidazole rings is 1. The first-order valence-corrected chi connectivity index (χ1v) is 7.98. The molecule has 1 aromatic heterocycles. The Morgan fingerprint density at radius 3 is 2.90 bits per heavy atom. The highest BCUT2D eigenvalue weighted by Gasteiger charge is 2.12. The predicted molar refractivity (Wildman–Crippen MR) is 82.7 cm³/mol. The van der Waals surface area contributed by atoms with Gasteiger partial charge in [-0.2, -0.15) is 0 Å². The topological polar surface area (TPSA) is 27.1 Å². The molecule has 2 aromatic rings. The molecular weight excluding hydrogens is 347 g/mol. The van der Waals surface area contributed by atoms with Gasteiger partial charge in [0.1, 0.15) is 11.6 Å². The van der Waals surface area contributed by atoms with E-state index in [4.69, 9.17) is 16.3 Å². The number of alkyl halides is 1. The lowest BCUT2D eigenvalue weighted by Gasteiger charge is -2.08. The van der Waals surface area contributed by atoms with E-state index in [1.54, 1.807) is 6.07 Å². The van der Waals surface area contributed by atoms with Gasteiger partial charge in [0.25, 0.3) is 0 Å². The maximum atomic E-state index is 13.7. The first-order chi connectivity index (χ1) is 9.67. The minimum atomic E-state index is -0.299. The summed E-state index contributed by atoms with van der Waals surface area (Å²) in [7, 11) is 0. The number of rotatable bonds is 7. The zero-order valence-corrected chi connectivity index (χ0v) is 13.7. The smallest absolute Gasteiger partial charge is 0.139 e. The Morgan fingerprint density at radius 2 is 2.20 bits per heavy atom. The number of halogens is 3. The maximum Gasteiger partial charge on any atom is 0.139 e. The number of benzene rings is 1. The van der Waals surface area contributed by atoms with E-state index < -0.39 is 0 Å². The van der Waals surface area contributed by atoms with Gasteiger partial charge in [-0.25, -0.2) is 9.37 Å². The second kappa shape index (κ2) is 7.38. The van der Waals surface area contributed by atoms with Crippen LogP contribution in [0.15, 0.2) is 16.6 Å². The molecule has 0 saturated carbocycles. The van der Waals surface area contributed by atoms with E-state index in [2.05, 4.69) is 27.8 Å². The number of ether oxygens (including phenoxy) is 1. The molecule has 0 atom stereocenters. The molecule has 6 heteroatoms. The minimum Gasteiger partial charge on any atom is -0.380 e. The molecule has 1 aromatic carbocycles. The SMILES string of the molecule is CCCCOCCn1c(CCl)nc2cc(Br)c(F)cc21. The standard InChI is InChI=1S/C14H17BrClFN2O/c1-2-3-5-20-6-4-19-13-8-11(17)10(15)7-12(13)18-14(19)9-16/h7-8H,2-6,9H2,1H3. The zero-order chi connectivity index (χ0) is 14.5. The molecule has 110 valence electrons. The molecule has 0 amide bonds. The Kier molecular flexibility index (Phi) is 5.81. The van der Waals surface area contributed by atoms with Gasteiger partial charge < -0.3 is 9.30 Å². The van der Waals surface area contributed by atoms with Crippen molar-refractivity contribution in [3.63, 3.8) is 0 Å². The van der Waals surface area contributed by atoms with E-state index >= 15 is 0 Å². The van der Waals surface area contributed by atoms with Crippen molar-refractivity contribution in [1.29, 1.82) is 0 Å². The van der Waals surface area contributed by atoms with Crippen LogP contribution in [0, 0.1) is 5.82 Å². The summed E-state index contributed by atoms with van der Waals surface area (Å²) in [6.07, 6.45) is 2.16. The van der Waals surface area contributed by atoms with Gasteiger partial charge >= 0.3 is 0 Å². The van der Waals surface area contributed by atoms with Crippen LogP contribution >= 0.6 is 27.5 Å². The fraction of sp³-hybridized carbons (Fsp3) is 0.500. The average Bonchev–Trinajstić information content (AvgIpc) is 2.76. The molecule has 0 unspecified atom stereocenters. The Bertz CT molecular complexity index is 588. The van der Waals surface area contributed by atoms with Crippen molar-refractivity contribution < 1.29 is 9.13 Å². The highest BCUT2D eigenvalue weighted by molar-refractivity contribution is 9.10. The third kappa shape index (κ3) is 3.51. The van der Waals surface area contributed by atoms with Crippen LogP contribution in [0.1, 0.15) is 25.6 Å². The van der Waals surface area contributed by atoms with Gasteiger partial charge in [0, 0.05) is 19.2 Å². The number of hydrogen-bond acceptors (Lipinski definition) is 2. The van der Waals surface area contributed by atoms with Crippen LogP contribution in [0.5, 0.6) is 0 Å².